The Morgan fingerprint density at radius 3 is 2.33 bits per heavy atom. The molecule has 0 radical (unpaired) electrons. The van der Waals surface area contributed by atoms with E-state index >= 15 is 0 Å². The van der Waals surface area contributed by atoms with Gasteiger partial charge in [-0.05, 0) is 5.56 Å². The van der Waals surface area contributed by atoms with Crippen molar-refractivity contribution in [1.82, 2.24) is 4.67 Å². The summed E-state index contributed by atoms with van der Waals surface area (Å²) in [5.74, 6) is 0. The fraction of sp³-hybridized carbons (Fsp3) is 0.455. The standard InChI is InChI=1S/C11H18NO2P/c1-3-12(4-2)15(13)14-10-11-8-6-5-7-9-11/h5-9,13H,3-4,10H2,1-2H3. The molecule has 84 valence electrons. The second-order valence-electron chi connectivity index (χ2n) is 3.15. The third-order valence-electron chi connectivity index (χ3n) is 2.16. The first kappa shape index (κ1) is 12.6. The summed E-state index contributed by atoms with van der Waals surface area (Å²) in [4.78, 5) is 9.74. The van der Waals surface area contributed by atoms with Crippen LogP contribution in [0.5, 0.6) is 0 Å². The average Bonchev–Trinajstić information content (AvgIpc) is 2.29. The maximum Gasteiger partial charge on any atom is 0.256 e. The van der Waals surface area contributed by atoms with Crippen LogP contribution in [-0.2, 0) is 11.1 Å². The van der Waals surface area contributed by atoms with E-state index in [0.29, 0.717) is 6.61 Å². The lowest BCUT2D eigenvalue weighted by molar-refractivity contribution is 0.251. The fourth-order valence-corrected chi connectivity index (χ4v) is 2.17. The van der Waals surface area contributed by atoms with Crippen LogP contribution in [0.25, 0.3) is 0 Å². The number of rotatable bonds is 6. The van der Waals surface area contributed by atoms with Crippen LogP contribution in [-0.4, -0.2) is 22.7 Å². The Kier molecular flexibility index (Phi) is 5.81. The maximum atomic E-state index is 9.74. The van der Waals surface area contributed by atoms with Crippen molar-refractivity contribution in [2.45, 2.75) is 20.5 Å². The van der Waals surface area contributed by atoms with Gasteiger partial charge in [0.15, 0.2) is 0 Å². The lowest BCUT2D eigenvalue weighted by Crippen LogP contribution is -2.17. The number of hydrogen-bond acceptors (Lipinski definition) is 3. The molecule has 0 aliphatic heterocycles. The molecule has 0 bridgehead atoms. The molecule has 0 heterocycles. The Bertz CT molecular complexity index is 265. The van der Waals surface area contributed by atoms with Crippen molar-refractivity contribution >= 4 is 8.53 Å². The van der Waals surface area contributed by atoms with E-state index in [1.165, 1.54) is 0 Å². The maximum absolute atomic E-state index is 9.74. The predicted octanol–water partition coefficient (Wildman–Crippen LogP) is 2.76. The van der Waals surface area contributed by atoms with E-state index in [0.717, 1.165) is 18.7 Å². The number of nitrogens with zero attached hydrogens (tertiary/aromatic N) is 1. The van der Waals surface area contributed by atoms with Crippen LogP contribution in [0.2, 0.25) is 0 Å². The summed E-state index contributed by atoms with van der Waals surface area (Å²) >= 11 is 0. The van der Waals surface area contributed by atoms with Crippen molar-refractivity contribution in [1.29, 1.82) is 0 Å². The Hall–Kier alpha value is -0.470. The molecule has 1 atom stereocenters. The fourth-order valence-electron chi connectivity index (χ4n) is 1.25. The summed E-state index contributed by atoms with van der Waals surface area (Å²) in [7, 11) is -1.43. The highest BCUT2D eigenvalue weighted by Crippen LogP contribution is 2.36. The quantitative estimate of drug-likeness (QED) is 0.758. The third-order valence-corrected chi connectivity index (χ3v) is 3.57. The van der Waals surface area contributed by atoms with Gasteiger partial charge >= 0.3 is 0 Å². The third kappa shape index (κ3) is 4.27. The Morgan fingerprint density at radius 2 is 1.80 bits per heavy atom. The van der Waals surface area contributed by atoms with E-state index in [1.54, 1.807) is 0 Å². The molecule has 0 fully saturated rings. The van der Waals surface area contributed by atoms with E-state index in [-0.39, 0.29) is 0 Å². The molecule has 0 aliphatic rings. The van der Waals surface area contributed by atoms with Crippen LogP contribution in [0.4, 0.5) is 0 Å². The molecule has 1 aromatic carbocycles. The highest BCUT2D eigenvalue weighted by molar-refractivity contribution is 7.43. The van der Waals surface area contributed by atoms with Gasteiger partial charge in [-0.25, -0.2) is 4.67 Å². The normalized spacial score (nSPS) is 13.1. The van der Waals surface area contributed by atoms with Gasteiger partial charge in [0.1, 0.15) is 0 Å². The molecule has 1 rings (SSSR count). The smallest absolute Gasteiger partial charge is 0.256 e. The van der Waals surface area contributed by atoms with Crippen LogP contribution in [0.3, 0.4) is 0 Å². The van der Waals surface area contributed by atoms with Crippen molar-refractivity contribution in [3.8, 4) is 0 Å². The molecule has 1 unspecified atom stereocenters. The molecule has 3 nitrogen and oxygen atoms in total. The molecule has 0 saturated heterocycles. The molecule has 4 heteroatoms. The number of hydrogen-bond donors (Lipinski definition) is 1. The first-order valence-electron chi connectivity index (χ1n) is 5.18. The van der Waals surface area contributed by atoms with Gasteiger partial charge in [0.05, 0.1) is 6.61 Å². The Labute approximate surface area is 92.7 Å². The van der Waals surface area contributed by atoms with Gasteiger partial charge in [0, 0.05) is 13.1 Å². The van der Waals surface area contributed by atoms with E-state index in [1.807, 2.05) is 48.8 Å². The lowest BCUT2D eigenvalue weighted by Gasteiger charge is -2.22. The molecule has 1 N–H and O–H groups in total. The van der Waals surface area contributed by atoms with Crippen LogP contribution < -0.4 is 0 Å². The van der Waals surface area contributed by atoms with Crippen LogP contribution in [0, 0.1) is 0 Å². The molecule has 15 heavy (non-hydrogen) atoms. The van der Waals surface area contributed by atoms with Crippen LogP contribution >= 0.6 is 8.53 Å². The summed E-state index contributed by atoms with van der Waals surface area (Å²) in [5, 5.41) is 0. The van der Waals surface area contributed by atoms with E-state index < -0.39 is 8.53 Å². The van der Waals surface area contributed by atoms with Crippen molar-refractivity contribution in [3.63, 3.8) is 0 Å². The summed E-state index contributed by atoms with van der Waals surface area (Å²) in [6.45, 7) is 6.13. The molecular weight excluding hydrogens is 209 g/mol. The highest BCUT2D eigenvalue weighted by Gasteiger charge is 2.13. The SMILES string of the molecule is CCN(CC)P(O)OCc1ccccc1. The first-order chi connectivity index (χ1) is 7.27. The van der Waals surface area contributed by atoms with Crippen LogP contribution in [0.15, 0.2) is 30.3 Å². The highest BCUT2D eigenvalue weighted by atomic mass is 31.2. The monoisotopic (exact) mass is 227 g/mol. The largest absolute Gasteiger partial charge is 0.338 e. The molecule has 0 aromatic heterocycles. The van der Waals surface area contributed by atoms with E-state index in [4.69, 9.17) is 4.52 Å². The summed E-state index contributed by atoms with van der Waals surface area (Å²) in [5.41, 5.74) is 1.09. The van der Waals surface area contributed by atoms with Gasteiger partial charge in [-0.1, -0.05) is 44.2 Å². The topological polar surface area (TPSA) is 32.7 Å². The van der Waals surface area contributed by atoms with Crippen molar-refractivity contribution in [2.24, 2.45) is 0 Å². The minimum Gasteiger partial charge on any atom is -0.338 e. The molecular formula is C11H18NO2P. The Balaban J connectivity index is 2.36. The summed E-state index contributed by atoms with van der Waals surface area (Å²) < 4.78 is 7.33. The van der Waals surface area contributed by atoms with Gasteiger partial charge in [-0.15, -0.1) is 0 Å². The van der Waals surface area contributed by atoms with Gasteiger partial charge in [-0.2, -0.15) is 0 Å². The molecule has 0 aliphatic carbocycles. The minimum absolute atomic E-state index is 0.472. The van der Waals surface area contributed by atoms with Gasteiger partial charge in [-0.3, -0.25) is 0 Å². The van der Waals surface area contributed by atoms with Crippen molar-refractivity contribution in [3.05, 3.63) is 35.9 Å². The van der Waals surface area contributed by atoms with Crippen molar-refractivity contribution < 1.29 is 9.42 Å². The summed E-state index contributed by atoms with van der Waals surface area (Å²) in [6.07, 6.45) is 0. The van der Waals surface area contributed by atoms with Gasteiger partial charge in [0.25, 0.3) is 8.53 Å². The van der Waals surface area contributed by atoms with Gasteiger partial charge < -0.3 is 9.42 Å². The zero-order valence-corrected chi connectivity index (χ0v) is 10.2. The van der Waals surface area contributed by atoms with Crippen LogP contribution in [0.1, 0.15) is 19.4 Å². The zero-order valence-electron chi connectivity index (χ0n) is 9.26. The van der Waals surface area contributed by atoms with Crippen molar-refractivity contribution in [2.75, 3.05) is 13.1 Å². The second-order valence-corrected chi connectivity index (χ2v) is 4.48. The number of benzene rings is 1. The molecule has 1 aromatic rings. The second kappa shape index (κ2) is 6.91. The van der Waals surface area contributed by atoms with E-state index in [2.05, 4.69) is 0 Å². The average molecular weight is 227 g/mol. The first-order valence-corrected chi connectivity index (χ1v) is 6.35. The molecule has 0 spiro atoms. The molecule has 0 saturated carbocycles. The van der Waals surface area contributed by atoms with E-state index in [9.17, 15) is 4.89 Å². The minimum atomic E-state index is -1.43. The predicted molar refractivity (Wildman–Crippen MR) is 63.3 cm³/mol. The lowest BCUT2D eigenvalue weighted by atomic mass is 10.2. The molecule has 0 amide bonds. The summed E-state index contributed by atoms with van der Waals surface area (Å²) in [6, 6.07) is 9.89. The Morgan fingerprint density at radius 1 is 1.20 bits per heavy atom. The zero-order chi connectivity index (χ0) is 11.1. The van der Waals surface area contributed by atoms with Gasteiger partial charge in [0.2, 0.25) is 0 Å².